The summed E-state index contributed by atoms with van der Waals surface area (Å²) in [6, 6.07) is 13.6. The Morgan fingerprint density at radius 2 is 1.79 bits per heavy atom. The fourth-order valence-corrected chi connectivity index (χ4v) is 3.23. The van der Waals surface area contributed by atoms with Gasteiger partial charge in [0.05, 0.1) is 0 Å². The molecule has 1 atom stereocenters. The van der Waals surface area contributed by atoms with Gasteiger partial charge in [-0.2, -0.15) is 0 Å². The van der Waals surface area contributed by atoms with Gasteiger partial charge in [-0.15, -0.1) is 0 Å². The quantitative estimate of drug-likeness (QED) is 0.717. The lowest BCUT2D eigenvalue weighted by atomic mass is 10.1. The van der Waals surface area contributed by atoms with Crippen molar-refractivity contribution < 1.29 is 14.0 Å². The maximum atomic E-state index is 13.0. The number of amides is 3. The summed E-state index contributed by atoms with van der Waals surface area (Å²) in [4.78, 5) is 25.3. The van der Waals surface area contributed by atoms with E-state index in [2.05, 4.69) is 20.9 Å². The van der Waals surface area contributed by atoms with E-state index in [0.717, 1.165) is 30.8 Å². The lowest BCUT2D eigenvalue weighted by Crippen LogP contribution is -2.34. The van der Waals surface area contributed by atoms with Crippen molar-refractivity contribution in [3.05, 3.63) is 59.9 Å². The third kappa shape index (κ3) is 5.70. The second kappa shape index (κ2) is 9.21. The zero-order valence-corrected chi connectivity index (χ0v) is 15.9. The topological polar surface area (TPSA) is 73.5 Å². The average Bonchev–Trinajstić information content (AvgIpc) is 3.15. The predicted molar refractivity (Wildman–Crippen MR) is 108 cm³/mol. The van der Waals surface area contributed by atoms with Crippen molar-refractivity contribution in [3.8, 4) is 0 Å². The van der Waals surface area contributed by atoms with Gasteiger partial charge in [0.1, 0.15) is 5.82 Å². The Hall–Kier alpha value is -3.09. The lowest BCUT2D eigenvalue weighted by Gasteiger charge is -2.19. The van der Waals surface area contributed by atoms with Crippen LogP contribution in [-0.2, 0) is 11.3 Å². The molecule has 0 aliphatic carbocycles. The molecule has 0 spiro atoms. The Balaban J connectivity index is 1.41. The molecule has 3 rings (SSSR count). The molecule has 1 saturated heterocycles. The average molecular weight is 384 g/mol. The first-order chi connectivity index (χ1) is 13.5. The number of nitrogens with one attached hydrogen (secondary N) is 3. The predicted octanol–water partition coefficient (Wildman–Crippen LogP) is 3.11. The number of nitrogens with zero attached hydrogens (tertiary/aromatic N) is 1. The largest absolute Gasteiger partial charge is 0.371 e. The Morgan fingerprint density at radius 3 is 2.46 bits per heavy atom. The minimum atomic E-state index is -0.241. The molecule has 0 aromatic heterocycles. The molecule has 1 fully saturated rings. The number of carbonyl (C=O) groups is 2. The van der Waals surface area contributed by atoms with Gasteiger partial charge in [-0.1, -0.05) is 12.1 Å². The first kappa shape index (κ1) is 19.7. The van der Waals surface area contributed by atoms with Crippen LogP contribution in [0.3, 0.4) is 0 Å². The maximum absolute atomic E-state index is 13.0. The van der Waals surface area contributed by atoms with Crippen LogP contribution < -0.4 is 20.9 Å². The molecule has 0 radical (unpaired) electrons. The second-order valence-electron chi connectivity index (χ2n) is 7.02. The van der Waals surface area contributed by atoms with E-state index in [0.29, 0.717) is 24.7 Å². The Bertz CT molecular complexity index is 808. The number of anilines is 2. The number of hydrogen-bond donors (Lipinski definition) is 3. The minimum absolute atomic E-state index is 0.0773. The van der Waals surface area contributed by atoms with Crippen LogP contribution >= 0.6 is 0 Å². The standard InChI is InChI=1S/C21H25FN4O2/c1-15(27)23-12-16-2-6-19(7-3-16)25-21(28)24-13-17-10-11-26(14-17)20-8-4-18(22)5-9-20/h2-9,17H,10-14H2,1H3,(H,23,27)(H2,24,25,28). The highest BCUT2D eigenvalue weighted by molar-refractivity contribution is 5.89. The highest BCUT2D eigenvalue weighted by atomic mass is 19.1. The molecule has 1 heterocycles. The van der Waals surface area contributed by atoms with E-state index in [1.807, 2.05) is 24.3 Å². The zero-order valence-electron chi connectivity index (χ0n) is 15.9. The summed E-state index contributed by atoms with van der Waals surface area (Å²) in [6.45, 7) is 4.26. The number of urea groups is 1. The van der Waals surface area contributed by atoms with Gasteiger partial charge in [0.2, 0.25) is 5.91 Å². The van der Waals surface area contributed by atoms with E-state index < -0.39 is 0 Å². The van der Waals surface area contributed by atoms with Gasteiger partial charge in [-0.3, -0.25) is 4.79 Å². The molecule has 1 aliphatic heterocycles. The van der Waals surface area contributed by atoms with Crippen LogP contribution in [0.4, 0.5) is 20.6 Å². The van der Waals surface area contributed by atoms with Crippen molar-refractivity contribution >= 4 is 23.3 Å². The third-order valence-corrected chi connectivity index (χ3v) is 4.78. The SMILES string of the molecule is CC(=O)NCc1ccc(NC(=O)NCC2CCN(c3ccc(F)cc3)C2)cc1. The molecule has 28 heavy (non-hydrogen) atoms. The number of hydrogen-bond acceptors (Lipinski definition) is 3. The number of carbonyl (C=O) groups excluding carboxylic acids is 2. The molecule has 6 nitrogen and oxygen atoms in total. The van der Waals surface area contributed by atoms with E-state index in [1.54, 1.807) is 12.1 Å². The van der Waals surface area contributed by atoms with Crippen LogP contribution in [0.2, 0.25) is 0 Å². The molecule has 7 heteroatoms. The highest BCUT2D eigenvalue weighted by Crippen LogP contribution is 2.23. The minimum Gasteiger partial charge on any atom is -0.371 e. The normalized spacial score (nSPS) is 15.9. The van der Waals surface area contributed by atoms with Crippen LogP contribution in [-0.4, -0.2) is 31.6 Å². The van der Waals surface area contributed by atoms with Crippen LogP contribution in [0.15, 0.2) is 48.5 Å². The summed E-state index contributed by atoms with van der Waals surface area (Å²) < 4.78 is 13.0. The molecule has 2 aromatic carbocycles. The molecular formula is C21H25FN4O2. The van der Waals surface area contributed by atoms with Crippen LogP contribution in [0.25, 0.3) is 0 Å². The molecule has 3 N–H and O–H groups in total. The number of halogens is 1. The van der Waals surface area contributed by atoms with E-state index in [-0.39, 0.29) is 17.8 Å². The van der Waals surface area contributed by atoms with Gasteiger partial charge in [-0.25, -0.2) is 9.18 Å². The molecule has 0 saturated carbocycles. The monoisotopic (exact) mass is 384 g/mol. The summed E-state index contributed by atoms with van der Waals surface area (Å²) in [5.41, 5.74) is 2.67. The van der Waals surface area contributed by atoms with Crippen LogP contribution in [0.1, 0.15) is 18.9 Å². The van der Waals surface area contributed by atoms with Crippen molar-refractivity contribution in [2.75, 3.05) is 29.9 Å². The van der Waals surface area contributed by atoms with Crippen molar-refractivity contribution in [2.45, 2.75) is 19.9 Å². The summed E-state index contributed by atoms with van der Waals surface area (Å²) in [5.74, 6) is 0.0447. The fraction of sp³-hybridized carbons (Fsp3) is 0.333. The maximum Gasteiger partial charge on any atom is 0.319 e. The van der Waals surface area contributed by atoms with E-state index in [9.17, 15) is 14.0 Å². The van der Waals surface area contributed by atoms with Crippen molar-refractivity contribution in [1.82, 2.24) is 10.6 Å². The number of benzene rings is 2. The Kier molecular flexibility index (Phi) is 6.47. The van der Waals surface area contributed by atoms with Crippen LogP contribution in [0.5, 0.6) is 0 Å². The zero-order chi connectivity index (χ0) is 19.9. The Labute approximate surface area is 164 Å². The first-order valence-electron chi connectivity index (χ1n) is 9.38. The summed E-state index contributed by atoms with van der Waals surface area (Å²) in [7, 11) is 0. The molecule has 1 unspecified atom stereocenters. The van der Waals surface area contributed by atoms with Crippen LogP contribution in [0, 0.1) is 11.7 Å². The second-order valence-corrected chi connectivity index (χ2v) is 7.02. The molecule has 3 amide bonds. The van der Waals surface area contributed by atoms with Gasteiger partial charge in [0.15, 0.2) is 0 Å². The molecule has 148 valence electrons. The summed E-state index contributed by atoms with van der Waals surface area (Å²) >= 11 is 0. The van der Waals surface area contributed by atoms with Crippen molar-refractivity contribution in [1.29, 1.82) is 0 Å². The summed E-state index contributed by atoms with van der Waals surface area (Å²) in [6.07, 6.45) is 0.982. The van der Waals surface area contributed by atoms with Gasteiger partial charge in [-0.05, 0) is 54.3 Å². The highest BCUT2D eigenvalue weighted by Gasteiger charge is 2.23. The van der Waals surface area contributed by atoms with E-state index >= 15 is 0 Å². The van der Waals surface area contributed by atoms with Gasteiger partial charge < -0.3 is 20.9 Å². The summed E-state index contributed by atoms with van der Waals surface area (Å²) in [5, 5.41) is 8.46. The smallest absolute Gasteiger partial charge is 0.319 e. The molecule has 0 bridgehead atoms. The van der Waals surface area contributed by atoms with Crippen molar-refractivity contribution in [3.63, 3.8) is 0 Å². The molecule has 1 aliphatic rings. The van der Waals surface area contributed by atoms with Gasteiger partial charge in [0, 0.05) is 44.5 Å². The van der Waals surface area contributed by atoms with Crippen molar-refractivity contribution in [2.24, 2.45) is 5.92 Å². The first-order valence-corrected chi connectivity index (χ1v) is 9.38. The van der Waals surface area contributed by atoms with Gasteiger partial charge in [0.25, 0.3) is 0 Å². The fourth-order valence-electron chi connectivity index (χ4n) is 3.23. The lowest BCUT2D eigenvalue weighted by molar-refractivity contribution is -0.119. The molecular weight excluding hydrogens is 359 g/mol. The Morgan fingerprint density at radius 1 is 1.07 bits per heavy atom. The number of rotatable bonds is 6. The van der Waals surface area contributed by atoms with E-state index in [4.69, 9.17) is 0 Å². The third-order valence-electron chi connectivity index (χ3n) is 4.78. The van der Waals surface area contributed by atoms with Gasteiger partial charge >= 0.3 is 6.03 Å². The molecule has 2 aromatic rings. The van der Waals surface area contributed by atoms with E-state index in [1.165, 1.54) is 19.1 Å².